The quantitative estimate of drug-likeness (QED) is 0.807. The Bertz CT molecular complexity index is 627. The van der Waals surface area contributed by atoms with Crippen molar-refractivity contribution >= 4 is 5.69 Å². The minimum absolute atomic E-state index is 0.221. The lowest BCUT2D eigenvalue weighted by molar-refractivity contribution is 0.447. The largest absolute Gasteiger partial charge is 0.381 e. The van der Waals surface area contributed by atoms with Gasteiger partial charge in [0.1, 0.15) is 0 Å². The SMILES string of the molecule is Cc1cc(C)c(CNc2cc(F)c(F)c(F)c2)cc1C. The van der Waals surface area contributed by atoms with Gasteiger partial charge in [0.05, 0.1) is 0 Å². The van der Waals surface area contributed by atoms with Crippen LogP contribution in [0.4, 0.5) is 18.9 Å². The van der Waals surface area contributed by atoms with Gasteiger partial charge in [0.15, 0.2) is 17.5 Å². The molecule has 0 saturated carbocycles. The Morgan fingerprint density at radius 1 is 0.800 bits per heavy atom. The van der Waals surface area contributed by atoms with Gasteiger partial charge in [-0.3, -0.25) is 0 Å². The molecule has 1 nitrogen and oxygen atoms in total. The topological polar surface area (TPSA) is 12.0 Å². The molecule has 0 bridgehead atoms. The highest BCUT2D eigenvalue weighted by Crippen LogP contribution is 2.20. The molecule has 0 aliphatic heterocycles. The Hall–Kier alpha value is -1.97. The van der Waals surface area contributed by atoms with Crippen LogP contribution in [0.2, 0.25) is 0 Å². The van der Waals surface area contributed by atoms with Gasteiger partial charge in [-0.15, -0.1) is 0 Å². The summed E-state index contributed by atoms with van der Waals surface area (Å²) in [5, 5.41) is 2.91. The molecule has 0 heterocycles. The third-order valence-electron chi connectivity index (χ3n) is 3.42. The van der Waals surface area contributed by atoms with E-state index in [1.165, 1.54) is 5.56 Å². The molecule has 0 aromatic heterocycles. The molecule has 1 N–H and O–H groups in total. The molecule has 4 heteroatoms. The minimum atomic E-state index is -1.45. The van der Waals surface area contributed by atoms with E-state index in [9.17, 15) is 13.2 Å². The molecular weight excluding hydrogens is 263 g/mol. The summed E-state index contributed by atoms with van der Waals surface area (Å²) in [7, 11) is 0. The highest BCUT2D eigenvalue weighted by atomic mass is 19.2. The number of aryl methyl sites for hydroxylation is 3. The van der Waals surface area contributed by atoms with Crippen molar-refractivity contribution in [1.82, 2.24) is 0 Å². The summed E-state index contributed by atoms with van der Waals surface area (Å²) < 4.78 is 39.1. The van der Waals surface area contributed by atoms with Crippen LogP contribution in [0.25, 0.3) is 0 Å². The van der Waals surface area contributed by atoms with E-state index < -0.39 is 17.5 Å². The van der Waals surface area contributed by atoms with Gasteiger partial charge < -0.3 is 5.32 Å². The average Bonchev–Trinajstić information content (AvgIpc) is 2.38. The van der Waals surface area contributed by atoms with Crippen LogP contribution in [0, 0.1) is 38.2 Å². The first-order valence-corrected chi connectivity index (χ1v) is 6.33. The first kappa shape index (κ1) is 14.4. The second-order valence-electron chi connectivity index (χ2n) is 4.97. The number of anilines is 1. The van der Waals surface area contributed by atoms with Gasteiger partial charge in [0, 0.05) is 24.4 Å². The van der Waals surface area contributed by atoms with Gasteiger partial charge in [0.25, 0.3) is 0 Å². The fourth-order valence-electron chi connectivity index (χ4n) is 2.07. The van der Waals surface area contributed by atoms with Crippen LogP contribution in [-0.2, 0) is 6.54 Å². The van der Waals surface area contributed by atoms with Crippen LogP contribution in [0.1, 0.15) is 22.3 Å². The van der Waals surface area contributed by atoms with E-state index in [1.807, 2.05) is 26.8 Å². The predicted molar refractivity (Wildman–Crippen MR) is 74.3 cm³/mol. The molecule has 106 valence electrons. The van der Waals surface area contributed by atoms with Crippen molar-refractivity contribution in [3.05, 3.63) is 64.0 Å². The summed E-state index contributed by atoms with van der Waals surface area (Å²) in [4.78, 5) is 0. The first-order valence-electron chi connectivity index (χ1n) is 6.33. The van der Waals surface area contributed by atoms with Gasteiger partial charge in [-0.2, -0.15) is 0 Å². The summed E-state index contributed by atoms with van der Waals surface area (Å²) in [6.45, 7) is 6.45. The number of halogens is 3. The van der Waals surface area contributed by atoms with Crippen LogP contribution < -0.4 is 5.32 Å². The highest BCUT2D eigenvalue weighted by Gasteiger charge is 2.10. The van der Waals surface area contributed by atoms with Crippen LogP contribution in [0.3, 0.4) is 0 Å². The maximum atomic E-state index is 13.1. The van der Waals surface area contributed by atoms with Gasteiger partial charge in [-0.05, 0) is 43.0 Å². The molecule has 0 saturated heterocycles. The van der Waals surface area contributed by atoms with E-state index in [2.05, 4.69) is 11.4 Å². The molecule has 0 fully saturated rings. The standard InChI is InChI=1S/C16H16F3N/c1-9-4-11(3)12(5-10(9)2)8-20-13-6-14(17)16(19)15(18)7-13/h4-7,20H,8H2,1-3H3. The van der Waals surface area contributed by atoms with Crippen molar-refractivity contribution < 1.29 is 13.2 Å². The number of benzene rings is 2. The van der Waals surface area contributed by atoms with E-state index in [1.54, 1.807) is 0 Å². The maximum absolute atomic E-state index is 13.1. The molecule has 0 spiro atoms. The van der Waals surface area contributed by atoms with Crippen molar-refractivity contribution in [2.24, 2.45) is 0 Å². The van der Waals surface area contributed by atoms with Crippen molar-refractivity contribution in [3.8, 4) is 0 Å². The van der Waals surface area contributed by atoms with Crippen LogP contribution in [0.15, 0.2) is 24.3 Å². The van der Waals surface area contributed by atoms with Crippen LogP contribution in [-0.4, -0.2) is 0 Å². The zero-order valence-electron chi connectivity index (χ0n) is 11.7. The van der Waals surface area contributed by atoms with Gasteiger partial charge in [-0.1, -0.05) is 12.1 Å². The Kier molecular flexibility index (Phi) is 4.02. The minimum Gasteiger partial charge on any atom is -0.381 e. The second kappa shape index (κ2) is 5.57. The molecule has 0 atom stereocenters. The van der Waals surface area contributed by atoms with E-state index in [0.717, 1.165) is 28.8 Å². The molecule has 2 aromatic carbocycles. The van der Waals surface area contributed by atoms with E-state index >= 15 is 0 Å². The average molecular weight is 279 g/mol. The fourth-order valence-corrected chi connectivity index (χ4v) is 2.07. The lowest BCUT2D eigenvalue weighted by Crippen LogP contribution is -2.04. The smallest absolute Gasteiger partial charge is 0.194 e. The van der Waals surface area contributed by atoms with Crippen LogP contribution in [0.5, 0.6) is 0 Å². The Balaban J connectivity index is 2.19. The number of hydrogen-bond acceptors (Lipinski definition) is 1. The van der Waals surface area contributed by atoms with Crippen LogP contribution >= 0.6 is 0 Å². The third-order valence-corrected chi connectivity index (χ3v) is 3.42. The highest BCUT2D eigenvalue weighted by molar-refractivity contribution is 5.46. The van der Waals surface area contributed by atoms with E-state index in [4.69, 9.17) is 0 Å². The molecule has 0 radical (unpaired) electrons. The van der Waals surface area contributed by atoms with E-state index in [-0.39, 0.29) is 5.69 Å². The number of hydrogen-bond donors (Lipinski definition) is 1. The van der Waals surface area contributed by atoms with Crippen molar-refractivity contribution in [3.63, 3.8) is 0 Å². The first-order chi connectivity index (χ1) is 9.38. The Morgan fingerprint density at radius 2 is 1.35 bits per heavy atom. The molecule has 2 aromatic rings. The molecule has 0 aliphatic rings. The summed E-state index contributed by atoms with van der Waals surface area (Å²) in [5.74, 6) is -3.83. The lowest BCUT2D eigenvalue weighted by Gasteiger charge is -2.12. The number of nitrogens with one attached hydrogen (secondary N) is 1. The van der Waals surface area contributed by atoms with E-state index in [0.29, 0.717) is 6.54 Å². The van der Waals surface area contributed by atoms with Gasteiger partial charge in [-0.25, -0.2) is 13.2 Å². The summed E-state index contributed by atoms with van der Waals surface area (Å²) >= 11 is 0. The number of rotatable bonds is 3. The monoisotopic (exact) mass is 279 g/mol. The zero-order valence-corrected chi connectivity index (χ0v) is 11.7. The van der Waals surface area contributed by atoms with Gasteiger partial charge >= 0.3 is 0 Å². The molecule has 0 amide bonds. The molecule has 0 unspecified atom stereocenters. The second-order valence-corrected chi connectivity index (χ2v) is 4.97. The third kappa shape index (κ3) is 2.95. The summed E-state index contributed by atoms with van der Waals surface area (Å²) in [6, 6.07) is 6.01. The predicted octanol–water partition coefficient (Wildman–Crippen LogP) is 4.64. The van der Waals surface area contributed by atoms with Crippen molar-refractivity contribution in [2.45, 2.75) is 27.3 Å². The maximum Gasteiger partial charge on any atom is 0.194 e. The van der Waals surface area contributed by atoms with Crippen molar-refractivity contribution in [1.29, 1.82) is 0 Å². The summed E-state index contributed by atoms with van der Waals surface area (Å²) in [6.07, 6.45) is 0. The Morgan fingerprint density at radius 3 is 1.95 bits per heavy atom. The Labute approximate surface area is 116 Å². The molecule has 2 rings (SSSR count). The fraction of sp³-hybridized carbons (Fsp3) is 0.250. The molecule has 20 heavy (non-hydrogen) atoms. The zero-order chi connectivity index (χ0) is 14.9. The summed E-state index contributed by atoms with van der Waals surface area (Å²) in [5.41, 5.74) is 4.72. The molecule has 0 aliphatic carbocycles. The molecular formula is C16H16F3N. The van der Waals surface area contributed by atoms with Gasteiger partial charge in [0.2, 0.25) is 0 Å². The lowest BCUT2D eigenvalue weighted by atomic mass is 10.0. The normalized spacial score (nSPS) is 10.7. The van der Waals surface area contributed by atoms with Crippen molar-refractivity contribution in [2.75, 3.05) is 5.32 Å².